The molecule has 0 spiro atoms. The molecule has 0 saturated carbocycles. The van der Waals surface area contributed by atoms with Gasteiger partial charge in [-0.3, -0.25) is 19.2 Å². The Kier molecular flexibility index (Phi) is 10.7. The Morgan fingerprint density at radius 2 is 1.54 bits per heavy atom. The van der Waals surface area contributed by atoms with Crippen molar-refractivity contribution in [2.75, 3.05) is 6.54 Å². The van der Waals surface area contributed by atoms with Crippen molar-refractivity contribution >= 4 is 29.6 Å². The molecule has 28 heavy (non-hydrogen) atoms. The molecular weight excluding hydrogens is 374 g/mol. The standard InChI is InChI=1S/C16H29N5O7/c1-7(2)12(16(27)28)21-15(26)13(8(3)22)20-11(24)6-19-14(25)9(17)4-5-10(18)23/h7-9,12-13,22H,4-6,17H2,1-3H3,(H2,18,23)(H,19,25)(H,20,24)(H,21,26)(H,27,28). The zero-order chi connectivity index (χ0) is 22.0. The molecule has 0 fully saturated rings. The molecule has 0 heterocycles. The first kappa shape index (κ1) is 25.3. The van der Waals surface area contributed by atoms with Crippen molar-refractivity contribution in [1.29, 1.82) is 0 Å². The molecule has 0 aromatic heterocycles. The van der Waals surface area contributed by atoms with E-state index < -0.39 is 66.3 Å². The van der Waals surface area contributed by atoms with Crippen LogP contribution in [0.15, 0.2) is 0 Å². The maximum Gasteiger partial charge on any atom is 0.326 e. The van der Waals surface area contributed by atoms with Crippen LogP contribution in [-0.2, 0) is 24.0 Å². The van der Waals surface area contributed by atoms with Gasteiger partial charge in [-0.25, -0.2) is 4.79 Å². The van der Waals surface area contributed by atoms with Gasteiger partial charge < -0.3 is 37.6 Å². The first-order valence-corrected chi connectivity index (χ1v) is 8.69. The van der Waals surface area contributed by atoms with E-state index in [2.05, 4.69) is 16.0 Å². The van der Waals surface area contributed by atoms with Crippen molar-refractivity contribution < 1.29 is 34.2 Å². The number of aliphatic carboxylic acids is 1. The maximum atomic E-state index is 12.2. The van der Waals surface area contributed by atoms with Crippen molar-refractivity contribution in [1.82, 2.24) is 16.0 Å². The van der Waals surface area contributed by atoms with E-state index >= 15 is 0 Å². The highest BCUT2D eigenvalue weighted by Gasteiger charge is 2.31. The number of nitrogens with two attached hydrogens (primary N) is 2. The van der Waals surface area contributed by atoms with Gasteiger partial charge >= 0.3 is 5.97 Å². The number of primary amides is 1. The first-order valence-electron chi connectivity index (χ1n) is 8.69. The molecule has 0 saturated heterocycles. The molecule has 0 aliphatic heterocycles. The summed E-state index contributed by atoms with van der Waals surface area (Å²) in [7, 11) is 0. The van der Waals surface area contributed by atoms with E-state index in [1.165, 1.54) is 6.92 Å². The number of hydrogen-bond donors (Lipinski definition) is 7. The smallest absolute Gasteiger partial charge is 0.326 e. The minimum absolute atomic E-state index is 0.00721. The van der Waals surface area contributed by atoms with Crippen LogP contribution in [0.3, 0.4) is 0 Å². The van der Waals surface area contributed by atoms with E-state index in [0.29, 0.717) is 0 Å². The third-order valence-corrected chi connectivity index (χ3v) is 3.77. The van der Waals surface area contributed by atoms with Gasteiger partial charge in [0.1, 0.15) is 12.1 Å². The second-order valence-corrected chi connectivity index (χ2v) is 6.68. The minimum Gasteiger partial charge on any atom is -0.480 e. The van der Waals surface area contributed by atoms with Crippen molar-refractivity contribution in [3.8, 4) is 0 Å². The quantitative estimate of drug-likeness (QED) is 0.175. The fourth-order valence-electron chi connectivity index (χ4n) is 2.11. The third kappa shape index (κ3) is 9.28. The lowest BCUT2D eigenvalue weighted by atomic mass is 10.0. The van der Waals surface area contributed by atoms with Gasteiger partial charge in [-0.05, 0) is 19.3 Å². The zero-order valence-corrected chi connectivity index (χ0v) is 16.1. The van der Waals surface area contributed by atoms with Gasteiger partial charge in [0.25, 0.3) is 0 Å². The summed E-state index contributed by atoms with van der Waals surface area (Å²) >= 11 is 0. The van der Waals surface area contributed by atoms with Crippen LogP contribution in [0.1, 0.15) is 33.6 Å². The van der Waals surface area contributed by atoms with Crippen LogP contribution in [0, 0.1) is 5.92 Å². The molecule has 4 unspecified atom stereocenters. The summed E-state index contributed by atoms with van der Waals surface area (Å²) in [5.74, 6) is -4.67. The lowest BCUT2D eigenvalue weighted by Crippen LogP contribution is -2.58. The lowest BCUT2D eigenvalue weighted by Gasteiger charge is -2.25. The number of carbonyl (C=O) groups is 5. The molecule has 0 bridgehead atoms. The van der Waals surface area contributed by atoms with Crippen LogP contribution in [0.2, 0.25) is 0 Å². The SMILES string of the molecule is CC(C)C(NC(=O)C(NC(=O)CNC(=O)C(N)CCC(N)=O)C(C)O)C(=O)O. The van der Waals surface area contributed by atoms with E-state index in [0.717, 1.165) is 0 Å². The molecule has 0 aliphatic rings. The highest BCUT2D eigenvalue weighted by Crippen LogP contribution is 2.03. The van der Waals surface area contributed by atoms with E-state index in [4.69, 9.17) is 16.6 Å². The number of rotatable bonds is 12. The molecular formula is C16H29N5O7. The number of hydrogen-bond acceptors (Lipinski definition) is 7. The summed E-state index contributed by atoms with van der Waals surface area (Å²) in [5, 5.41) is 25.6. The highest BCUT2D eigenvalue weighted by molar-refractivity contribution is 5.93. The first-order chi connectivity index (χ1) is 12.9. The van der Waals surface area contributed by atoms with Gasteiger partial charge in [0.15, 0.2) is 0 Å². The van der Waals surface area contributed by atoms with Gasteiger partial charge in [0.05, 0.1) is 18.7 Å². The average molecular weight is 403 g/mol. The van der Waals surface area contributed by atoms with Crippen LogP contribution < -0.4 is 27.4 Å². The fraction of sp³-hybridized carbons (Fsp3) is 0.688. The Morgan fingerprint density at radius 1 is 0.964 bits per heavy atom. The normalized spacial score (nSPS) is 15.1. The number of carboxylic acids is 1. The molecule has 0 aromatic rings. The van der Waals surface area contributed by atoms with Gasteiger partial charge in [-0.1, -0.05) is 13.8 Å². The monoisotopic (exact) mass is 403 g/mol. The molecule has 12 nitrogen and oxygen atoms in total. The number of nitrogens with one attached hydrogen (secondary N) is 3. The van der Waals surface area contributed by atoms with Crippen molar-refractivity contribution in [3.63, 3.8) is 0 Å². The molecule has 9 N–H and O–H groups in total. The number of carbonyl (C=O) groups excluding carboxylic acids is 4. The summed E-state index contributed by atoms with van der Waals surface area (Å²) in [5.41, 5.74) is 10.5. The lowest BCUT2D eigenvalue weighted by molar-refractivity contribution is -0.144. The summed E-state index contributed by atoms with van der Waals surface area (Å²) < 4.78 is 0. The number of aliphatic hydroxyl groups excluding tert-OH is 1. The van der Waals surface area contributed by atoms with Crippen LogP contribution in [-0.4, -0.2) is 70.6 Å². The molecule has 4 amide bonds. The van der Waals surface area contributed by atoms with Gasteiger partial charge in [-0.2, -0.15) is 0 Å². The molecule has 4 atom stereocenters. The van der Waals surface area contributed by atoms with Gasteiger partial charge in [0, 0.05) is 6.42 Å². The van der Waals surface area contributed by atoms with Crippen LogP contribution >= 0.6 is 0 Å². The third-order valence-electron chi connectivity index (χ3n) is 3.77. The Hall–Kier alpha value is -2.73. The Bertz CT molecular complexity index is 594. The maximum absolute atomic E-state index is 12.2. The predicted molar refractivity (Wildman–Crippen MR) is 97.4 cm³/mol. The highest BCUT2D eigenvalue weighted by atomic mass is 16.4. The van der Waals surface area contributed by atoms with Crippen molar-refractivity contribution in [2.24, 2.45) is 17.4 Å². The minimum atomic E-state index is -1.42. The molecule has 0 rings (SSSR count). The van der Waals surface area contributed by atoms with E-state index in [9.17, 15) is 29.1 Å². The fourth-order valence-corrected chi connectivity index (χ4v) is 2.11. The number of carboxylic acid groups (broad SMARTS) is 1. The molecule has 0 radical (unpaired) electrons. The average Bonchev–Trinajstić information content (AvgIpc) is 2.58. The van der Waals surface area contributed by atoms with E-state index in [-0.39, 0.29) is 12.8 Å². The van der Waals surface area contributed by atoms with Crippen molar-refractivity contribution in [2.45, 2.75) is 57.8 Å². The Balaban J connectivity index is 4.73. The zero-order valence-electron chi connectivity index (χ0n) is 16.1. The van der Waals surface area contributed by atoms with Gasteiger partial charge in [0.2, 0.25) is 23.6 Å². The van der Waals surface area contributed by atoms with Crippen LogP contribution in [0.4, 0.5) is 0 Å². The molecule has 12 heteroatoms. The Labute approximate surface area is 162 Å². The van der Waals surface area contributed by atoms with E-state index in [1.54, 1.807) is 13.8 Å². The molecule has 0 aliphatic carbocycles. The number of aliphatic hydroxyl groups is 1. The van der Waals surface area contributed by atoms with E-state index in [1.807, 2.05) is 0 Å². The van der Waals surface area contributed by atoms with Crippen LogP contribution in [0.25, 0.3) is 0 Å². The second kappa shape index (κ2) is 11.9. The summed E-state index contributed by atoms with van der Waals surface area (Å²) in [6.45, 7) is 3.89. The van der Waals surface area contributed by atoms with Gasteiger partial charge in [-0.15, -0.1) is 0 Å². The number of amides is 4. The molecule has 160 valence electrons. The predicted octanol–water partition coefficient (Wildman–Crippen LogP) is -3.21. The van der Waals surface area contributed by atoms with Crippen LogP contribution in [0.5, 0.6) is 0 Å². The molecule has 0 aromatic carbocycles. The summed E-state index contributed by atoms with van der Waals surface area (Å²) in [6, 6.07) is -3.67. The largest absolute Gasteiger partial charge is 0.480 e. The van der Waals surface area contributed by atoms with Crippen molar-refractivity contribution in [3.05, 3.63) is 0 Å². The summed E-state index contributed by atoms with van der Waals surface area (Å²) in [6.07, 6.45) is -1.40. The summed E-state index contributed by atoms with van der Waals surface area (Å²) in [4.78, 5) is 57.8. The topological polar surface area (TPSA) is 214 Å². The Morgan fingerprint density at radius 3 is 1.96 bits per heavy atom. The second-order valence-electron chi connectivity index (χ2n) is 6.68.